The molecule has 5 rings (SSSR count). The molecule has 1 aliphatic carbocycles. The minimum Gasteiger partial charge on any atom is -0.497 e. The van der Waals surface area contributed by atoms with Crippen LogP contribution in [0.1, 0.15) is 86.5 Å². The van der Waals surface area contributed by atoms with E-state index in [0.717, 1.165) is 60.2 Å². The number of fused-ring (bicyclic) bond motifs is 1. The summed E-state index contributed by atoms with van der Waals surface area (Å²) in [6, 6.07) is 17.6. The van der Waals surface area contributed by atoms with Crippen LogP contribution in [0.2, 0.25) is 0 Å². The first-order valence-electron chi connectivity index (χ1n) is 19.2. The molecule has 55 heavy (non-hydrogen) atoms. The molecule has 306 valence electrons. The SMILES string of the molecule is C=CC(C)C[C@H](NC=O)P(=O)(O)CC.CC(C)C.CC1CCCN1.COc1ccc2c(=O)cc(-c3ccccc3)[nH]c2c1.O=CCNC(=O)OC1CCCC1. The quantitative estimate of drug-likeness (QED) is 0.0691. The molecule has 3 unspecified atom stereocenters. The molecule has 5 N–H and O–H groups in total. The Hall–Kier alpha value is -4.25. The molecular weight excluding hydrogens is 719 g/mol. The van der Waals surface area contributed by atoms with Crippen LogP contribution in [0.25, 0.3) is 22.2 Å². The van der Waals surface area contributed by atoms with Crippen LogP contribution in [0.5, 0.6) is 5.75 Å². The van der Waals surface area contributed by atoms with Crippen molar-refractivity contribution in [3.05, 3.63) is 77.5 Å². The third-order valence-corrected chi connectivity index (χ3v) is 10.8. The first kappa shape index (κ1) is 48.8. The van der Waals surface area contributed by atoms with Crippen LogP contribution in [0, 0.1) is 11.8 Å². The Kier molecular flexibility index (Phi) is 24.3. The standard InChI is InChI=1S/C16H13NO2.C9H18NO3P.C8H13NO3.C5H11N.C4H10/c1-19-12-7-8-13-15(9-12)17-14(10-16(13)18)11-5-3-2-4-6-11;1-4-8(3)6-9(10-7-11)14(12,13)5-2;10-6-5-9-8(11)12-7-3-1-2-4-7;1-5-3-2-4-6-5;1-4(2)3/h2-10H,1H3,(H,17,18);4,7-9H,1,5-6H2,2-3H3,(H,10,11)(H,12,13);6-7H,1-5H2,(H,9,11);5-6H,2-4H2,1H3;4H,1-3H3/t;8?,9-;;;/m.1.../s1. The normalized spacial score (nSPS) is 16.7. The number of methoxy groups -OCH3 is 1. The highest BCUT2D eigenvalue weighted by Crippen LogP contribution is 2.46. The molecule has 0 spiro atoms. The van der Waals surface area contributed by atoms with E-state index in [2.05, 4.69) is 55.2 Å². The molecule has 0 bridgehead atoms. The van der Waals surface area contributed by atoms with Gasteiger partial charge in [-0.1, -0.05) is 71.0 Å². The number of hydrogen-bond donors (Lipinski definition) is 5. The largest absolute Gasteiger partial charge is 0.497 e. The minimum absolute atomic E-state index is 0.00950. The van der Waals surface area contributed by atoms with Gasteiger partial charge >= 0.3 is 6.09 Å². The van der Waals surface area contributed by atoms with Crippen molar-refractivity contribution in [2.75, 3.05) is 26.4 Å². The summed E-state index contributed by atoms with van der Waals surface area (Å²) in [5, 5.41) is 8.71. The minimum atomic E-state index is -3.26. The fraction of sp³-hybridized carbons (Fsp3) is 0.524. The third kappa shape index (κ3) is 20.3. The van der Waals surface area contributed by atoms with Crippen molar-refractivity contribution in [2.45, 2.75) is 104 Å². The molecule has 0 radical (unpaired) electrons. The van der Waals surface area contributed by atoms with Crippen molar-refractivity contribution in [3.8, 4) is 17.0 Å². The van der Waals surface area contributed by atoms with Crippen LogP contribution in [0.3, 0.4) is 0 Å². The Bertz CT molecular complexity index is 1650. The summed E-state index contributed by atoms with van der Waals surface area (Å²) in [6.45, 7) is 17.1. The zero-order valence-corrected chi connectivity index (χ0v) is 34.7. The predicted octanol–water partition coefficient (Wildman–Crippen LogP) is 8.04. The monoisotopic (exact) mass is 784 g/mol. The number of aromatic nitrogens is 1. The van der Waals surface area contributed by atoms with Gasteiger partial charge in [0.05, 0.1) is 19.2 Å². The second kappa shape index (κ2) is 27.3. The number of allylic oxidation sites excluding steroid dienone is 1. The number of carbonyl (C=O) groups is 3. The Balaban J connectivity index is 0.000000374. The van der Waals surface area contributed by atoms with Gasteiger partial charge < -0.3 is 40.1 Å². The van der Waals surface area contributed by atoms with Crippen molar-refractivity contribution in [3.63, 3.8) is 0 Å². The van der Waals surface area contributed by atoms with E-state index in [9.17, 15) is 28.6 Å². The molecule has 4 atom stereocenters. The van der Waals surface area contributed by atoms with Gasteiger partial charge in [-0.15, -0.1) is 6.58 Å². The van der Waals surface area contributed by atoms with Crippen molar-refractivity contribution in [1.82, 2.24) is 20.9 Å². The number of pyridine rings is 1. The number of hydrogen-bond acceptors (Lipinski definition) is 8. The predicted molar refractivity (Wildman–Crippen MR) is 224 cm³/mol. The van der Waals surface area contributed by atoms with E-state index in [1.807, 2.05) is 43.3 Å². The maximum atomic E-state index is 12.1. The Morgan fingerprint density at radius 3 is 2.18 bits per heavy atom. The summed E-state index contributed by atoms with van der Waals surface area (Å²) in [4.78, 5) is 56.0. The van der Waals surface area contributed by atoms with Crippen LogP contribution >= 0.6 is 7.37 Å². The molecule has 2 fully saturated rings. The highest BCUT2D eigenvalue weighted by atomic mass is 31.2. The molecule has 2 heterocycles. The highest BCUT2D eigenvalue weighted by molar-refractivity contribution is 7.58. The molecule has 3 aromatic rings. The van der Waals surface area contributed by atoms with E-state index in [4.69, 9.17) is 9.47 Å². The number of ether oxygens (including phenoxy) is 2. The van der Waals surface area contributed by atoms with Crippen molar-refractivity contribution in [2.24, 2.45) is 11.8 Å². The molecule has 1 aliphatic heterocycles. The van der Waals surface area contributed by atoms with Crippen LogP contribution in [-0.2, 0) is 18.9 Å². The summed E-state index contributed by atoms with van der Waals surface area (Å²) in [6.07, 6.45) is 9.93. The van der Waals surface area contributed by atoms with Gasteiger partial charge in [0.15, 0.2) is 5.43 Å². The second-order valence-corrected chi connectivity index (χ2v) is 17.0. The first-order chi connectivity index (χ1) is 26.2. The maximum absolute atomic E-state index is 12.1. The van der Waals surface area contributed by atoms with Crippen molar-refractivity contribution in [1.29, 1.82) is 0 Å². The fourth-order valence-corrected chi connectivity index (χ4v) is 6.81. The van der Waals surface area contributed by atoms with Gasteiger partial charge in [-0.2, -0.15) is 0 Å². The fourth-order valence-electron chi connectivity index (χ4n) is 5.41. The molecule has 12 nitrogen and oxygen atoms in total. The first-order valence-corrected chi connectivity index (χ1v) is 21.1. The van der Waals surface area contributed by atoms with Gasteiger partial charge in [0.25, 0.3) is 0 Å². The zero-order valence-electron chi connectivity index (χ0n) is 33.8. The zero-order chi connectivity index (χ0) is 41.2. The van der Waals surface area contributed by atoms with E-state index < -0.39 is 19.2 Å². The average molecular weight is 785 g/mol. The lowest BCUT2D eigenvalue weighted by atomic mass is 10.1. The number of alkyl carbamates (subject to hydrolysis) is 1. The van der Waals surface area contributed by atoms with E-state index in [-0.39, 0.29) is 30.2 Å². The summed E-state index contributed by atoms with van der Waals surface area (Å²) in [5.74, 6) is 1.02. The number of aromatic amines is 1. The highest BCUT2D eigenvalue weighted by Gasteiger charge is 2.29. The molecule has 2 aromatic carbocycles. The summed E-state index contributed by atoms with van der Waals surface area (Å²) in [7, 11) is -1.65. The lowest BCUT2D eigenvalue weighted by molar-refractivity contribution is -0.110. The van der Waals surface area contributed by atoms with Crippen LogP contribution < -0.4 is 26.1 Å². The van der Waals surface area contributed by atoms with Crippen molar-refractivity contribution >= 4 is 37.1 Å². The Morgan fingerprint density at radius 1 is 1.04 bits per heavy atom. The average Bonchev–Trinajstić information content (AvgIpc) is 3.88. The molecule has 2 amide bonds. The number of carbonyl (C=O) groups excluding carboxylic acids is 3. The Labute approximate surface area is 327 Å². The number of nitrogens with one attached hydrogen (secondary N) is 4. The summed E-state index contributed by atoms with van der Waals surface area (Å²) < 4.78 is 21.8. The lowest BCUT2D eigenvalue weighted by Crippen LogP contribution is -2.30. The van der Waals surface area contributed by atoms with E-state index in [1.54, 1.807) is 38.3 Å². The molecule has 13 heteroatoms. The summed E-state index contributed by atoms with van der Waals surface area (Å²) in [5.41, 5.74) is 2.59. The number of rotatable bonds is 12. The van der Waals surface area contributed by atoms with Gasteiger partial charge in [0, 0.05) is 35.4 Å². The Morgan fingerprint density at radius 2 is 1.69 bits per heavy atom. The molecule has 1 aromatic heterocycles. The molecular formula is C42H65N4O8P. The number of amides is 2. The van der Waals surface area contributed by atoms with E-state index in [0.29, 0.717) is 24.5 Å². The number of benzene rings is 2. The van der Waals surface area contributed by atoms with Gasteiger partial charge in [-0.05, 0) is 87.9 Å². The number of H-pyrrole nitrogens is 1. The lowest BCUT2D eigenvalue weighted by Gasteiger charge is -2.23. The topological polar surface area (TPSA) is 176 Å². The van der Waals surface area contributed by atoms with E-state index >= 15 is 0 Å². The summed E-state index contributed by atoms with van der Waals surface area (Å²) >= 11 is 0. The van der Waals surface area contributed by atoms with E-state index in [1.165, 1.54) is 19.4 Å². The van der Waals surface area contributed by atoms with Gasteiger partial charge in [0.2, 0.25) is 13.8 Å². The molecule has 1 saturated heterocycles. The van der Waals surface area contributed by atoms with Gasteiger partial charge in [-0.3, -0.25) is 14.2 Å². The molecule has 2 aliphatic rings. The third-order valence-electron chi connectivity index (χ3n) is 8.53. The van der Waals surface area contributed by atoms with Crippen molar-refractivity contribution < 1.29 is 33.3 Å². The molecule has 1 saturated carbocycles. The van der Waals surface area contributed by atoms with Crippen LogP contribution in [-0.4, -0.2) is 73.0 Å². The van der Waals surface area contributed by atoms with Gasteiger partial charge in [-0.25, -0.2) is 4.79 Å². The second-order valence-electron chi connectivity index (χ2n) is 14.2. The van der Waals surface area contributed by atoms with Crippen LogP contribution in [0.15, 0.2) is 72.0 Å². The van der Waals surface area contributed by atoms with Gasteiger partial charge in [0.1, 0.15) is 23.9 Å². The smallest absolute Gasteiger partial charge is 0.407 e. The maximum Gasteiger partial charge on any atom is 0.407 e. The number of aldehydes is 1. The van der Waals surface area contributed by atoms with Crippen LogP contribution in [0.4, 0.5) is 4.79 Å².